The Morgan fingerprint density at radius 1 is 1.56 bits per heavy atom. The minimum atomic E-state index is -0.127. The van der Waals surface area contributed by atoms with Gasteiger partial charge in [-0.3, -0.25) is 0 Å². The average Bonchev–Trinajstić information content (AvgIpc) is 2.77. The number of rotatable bonds is 4. The molecule has 8 heteroatoms. The van der Waals surface area contributed by atoms with Crippen molar-refractivity contribution in [3.8, 4) is 0 Å². The van der Waals surface area contributed by atoms with Crippen LogP contribution in [-0.2, 0) is 7.05 Å². The van der Waals surface area contributed by atoms with Crippen molar-refractivity contribution in [3.05, 3.63) is 12.2 Å². The van der Waals surface area contributed by atoms with Crippen LogP contribution in [0.1, 0.15) is 19.2 Å². The first-order valence-electron chi connectivity index (χ1n) is 5.58. The van der Waals surface area contributed by atoms with E-state index in [1.54, 1.807) is 10.9 Å². The van der Waals surface area contributed by atoms with Crippen LogP contribution in [0.5, 0.6) is 0 Å². The van der Waals surface area contributed by atoms with Crippen molar-refractivity contribution in [2.45, 2.75) is 13.3 Å². The molecule has 18 heavy (non-hydrogen) atoms. The molecule has 0 atom stereocenters. The van der Waals surface area contributed by atoms with E-state index in [0.717, 1.165) is 13.0 Å². The summed E-state index contributed by atoms with van der Waals surface area (Å²) in [7, 11) is 1.82. The summed E-state index contributed by atoms with van der Waals surface area (Å²) in [5.74, 6) is 0.633. The van der Waals surface area contributed by atoms with Crippen molar-refractivity contribution in [1.82, 2.24) is 19.5 Å². The number of nitrogens with two attached hydrogens (primary N) is 1. The fourth-order valence-electron chi connectivity index (χ4n) is 1.53. The maximum atomic E-state index is 8.69. The first kappa shape index (κ1) is 12.1. The molecule has 4 N–H and O–H groups in total. The molecule has 2 heterocycles. The molecule has 2 rings (SSSR count). The summed E-state index contributed by atoms with van der Waals surface area (Å²) < 4.78 is 1.75. The van der Waals surface area contributed by atoms with Gasteiger partial charge in [0.1, 0.15) is 5.52 Å². The summed E-state index contributed by atoms with van der Waals surface area (Å²) in [6, 6.07) is 0. The molecule has 96 valence electrons. The van der Waals surface area contributed by atoms with Crippen LogP contribution in [0, 0.1) is 0 Å². The van der Waals surface area contributed by atoms with E-state index in [9.17, 15) is 0 Å². The zero-order valence-corrected chi connectivity index (χ0v) is 10.3. The van der Waals surface area contributed by atoms with Gasteiger partial charge in [0.2, 0.25) is 11.7 Å². The molecule has 0 bridgehead atoms. The molecule has 0 amide bonds. The zero-order valence-electron chi connectivity index (χ0n) is 10.3. The summed E-state index contributed by atoms with van der Waals surface area (Å²) >= 11 is 0. The van der Waals surface area contributed by atoms with Gasteiger partial charge in [-0.1, -0.05) is 12.1 Å². The van der Waals surface area contributed by atoms with Crippen LogP contribution in [0.4, 0.5) is 5.82 Å². The number of nitrogens with one attached hydrogen (secondary N) is 1. The smallest absolute Gasteiger partial charge is 0.208 e. The molecule has 0 fully saturated rings. The van der Waals surface area contributed by atoms with E-state index < -0.39 is 0 Å². The highest BCUT2D eigenvalue weighted by Gasteiger charge is 2.13. The first-order chi connectivity index (χ1) is 8.67. The molecule has 0 aliphatic heterocycles. The average molecular weight is 249 g/mol. The van der Waals surface area contributed by atoms with Gasteiger partial charge in [-0.15, -0.1) is 0 Å². The molecule has 0 spiro atoms. The highest BCUT2D eigenvalue weighted by Crippen LogP contribution is 2.18. The Hall–Kier alpha value is -2.38. The molecule has 8 nitrogen and oxygen atoms in total. The number of oxime groups is 1. The van der Waals surface area contributed by atoms with Gasteiger partial charge in [0, 0.05) is 13.6 Å². The van der Waals surface area contributed by atoms with Gasteiger partial charge in [0.05, 0.1) is 6.33 Å². The van der Waals surface area contributed by atoms with Crippen molar-refractivity contribution < 1.29 is 5.21 Å². The lowest BCUT2D eigenvalue weighted by atomic mass is 10.4. The number of hydrogen-bond donors (Lipinski definition) is 3. The third-order valence-electron chi connectivity index (χ3n) is 2.44. The second-order valence-electron chi connectivity index (χ2n) is 3.84. The van der Waals surface area contributed by atoms with E-state index in [4.69, 9.17) is 10.9 Å². The molecule has 0 aromatic carbocycles. The summed E-state index contributed by atoms with van der Waals surface area (Å²) in [5, 5.41) is 14.8. The van der Waals surface area contributed by atoms with E-state index in [0.29, 0.717) is 17.0 Å². The van der Waals surface area contributed by atoms with Crippen molar-refractivity contribution >= 4 is 22.8 Å². The van der Waals surface area contributed by atoms with Crippen LogP contribution in [0.25, 0.3) is 11.2 Å². The summed E-state index contributed by atoms with van der Waals surface area (Å²) in [6.07, 6.45) is 2.60. The monoisotopic (exact) mass is 249 g/mol. The third kappa shape index (κ3) is 2.04. The fourth-order valence-corrected chi connectivity index (χ4v) is 1.53. The summed E-state index contributed by atoms with van der Waals surface area (Å²) in [5.41, 5.74) is 6.82. The van der Waals surface area contributed by atoms with E-state index in [1.165, 1.54) is 0 Å². The molecule has 2 aromatic heterocycles. The quantitative estimate of drug-likeness (QED) is 0.310. The lowest BCUT2D eigenvalue weighted by Crippen LogP contribution is -2.18. The normalized spacial score (nSPS) is 12.0. The van der Waals surface area contributed by atoms with Gasteiger partial charge in [-0.05, 0) is 6.42 Å². The minimum Gasteiger partial charge on any atom is -0.409 e. The third-order valence-corrected chi connectivity index (χ3v) is 2.44. The zero-order chi connectivity index (χ0) is 13.1. The molecule has 0 saturated carbocycles. The Morgan fingerprint density at radius 2 is 2.33 bits per heavy atom. The van der Waals surface area contributed by atoms with Crippen molar-refractivity contribution in [2.75, 3.05) is 11.9 Å². The van der Waals surface area contributed by atoms with Crippen LogP contribution in [-0.4, -0.2) is 37.1 Å². The van der Waals surface area contributed by atoms with Crippen LogP contribution < -0.4 is 11.1 Å². The predicted molar refractivity (Wildman–Crippen MR) is 67.6 cm³/mol. The molecule has 0 unspecified atom stereocenters. The second-order valence-corrected chi connectivity index (χ2v) is 3.84. The van der Waals surface area contributed by atoms with Gasteiger partial charge < -0.3 is 20.8 Å². The SMILES string of the molecule is CCCNc1nc(/C(N)=N/O)nc2c1ncn2C. The lowest BCUT2D eigenvalue weighted by Gasteiger charge is -2.06. The molecule has 0 radical (unpaired) electrons. The molecule has 2 aromatic rings. The largest absolute Gasteiger partial charge is 0.409 e. The fraction of sp³-hybridized carbons (Fsp3) is 0.400. The number of aromatic nitrogens is 4. The second kappa shape index (κ2) is 4.86. The van der Waals surface area contributed by atoms with Crippen LogP contribution >= 0.6 is 0 Å². The Labute approximate surface area is 104 Å². The van der Waals surface area contributed by atoms with Gasteiger partial charge in [0.25, 0.3) is 0 Å². The number of imidazole rings is 1. The Balaban J connectivity index is 2.58. The molecular weight excluding hydrogens is 234 g/mol. The van der Waals surface area contributed by atoms with E-state index in [-0.39, 0.29) is 11.7 Å². The summed E-state index contributed by atoms with van der Waals surface area (Å²) in [6.45, 7) is 2.81. The maximum Gasteiger partial charge on any atom is 0.208 e. The highest BCUT2D eigenvalue weighted by molar-refractivity contribution is 5.96. The predicted octanol–water partition coefficient (Wildman–Crippen LogP) is 0.280. The Kier molecular flexibility index (Phi) is 3.26. The number of nitrogens with zero attached hydrogens (tertiary/aromatic N) is 5. The van der Waals surface area contributed by atoms with Crippen LogP contribution in [0.2, 0.25) is 0 Å². The standard InChI is InChI=1S/C10H15N7O/c1-3-4-12-8-6-10(17(2)5-13-6)15-9(14-8)7(11)16-18/h5,18H,3-4H2,1-2H3,(H2,11,16)(H,12,14,15). The van der Waals surface area contributed by atoms with Crippen LogP contribution in [0.15, 0.2) is 11.5 Å². The van der Waals surface area contributed by atoms with Crippen molar-refractivity contribution in [2.24, 2.45) is 17.9 Å². The topological polar surface area (TPSA) is 114 Å². The van der Waals surface area contributed by atoms with E-state index >= 15 is 0 Å². The minimum absolute atomic E-state index is 0.127. The molecule has 0 aliphatic carbocycles. The van der Waals surface area contributed by atoms with Crippen molar-refractivity contribution in [1.29, 1.82) is 0 Å². The number of hydrogen-bond acceptors (Lipinski definition) is 6. The molecular formula is C10H15N7O. The maximum absolute atomic E-state index is 8.69. The van der Waals surface area contributed by atoms with Crippen molar-refractivity contribution in [3.63, 3.8) is 0 Å². The summed E-state index contributed by atoms with van der Waals surface area (Å²) in [4.78, 5) is 12.6. The number of fused-ring (bicyclic) bond motifs is 1. The lowest BCUT2D eigenvalue weighted by molar-refractivity contribution is 0.318. The Bertz CT molecular complexity index is 589. The van der Waals surface area contributed by atoms with E-state index in [1.807, 2.05) is 14.0 Å². The van der Waals surface area contributed by atoms with Crippen LogP contribution in [0.3, 0.4) is 0 Å². The van der Waals surface area contributed by atoms with Gasteiger partial charge in [-0.2, -0.15) is 0 Å². The first-order valence-corrected chi connectivity index (χ1v) is 5.58. The number of anilines is 1. The van der Waals surface area contributed by atoms with Gasteiger partial charge >= 0.3 is 0 Å². The van der Waals surface area contributed by atoms with Gasteiger partial charge in [-0.25, -0.2) is 15.0 Å². The number of amidine groups is 1. The number of aryl methyl sites for hydroxylation is 1. The Morgan fingerprint density at radius 3 is 3.00 bits per heavy atom. The molecule has 0 aliphatic rings. The molecule has 0 saturated heterocycles. The van der Waals surface area contributed by atoms with Gasteiger partial charge in [0.15, 0.2) is 11.5 Å². The highest BCUT2D eigenvalue weighted by atomic mass is 16.4. The van der Waals surface area contributed by atoms with E-state index in [2.05, 4.69) is 25.4 Å².